The minimum Gasteiger partial charge on any atom is -0.497 e. The van der Waals surface area contributed by atoms with Crippen LogP contribution in [0.15, 0.2) is 60.8 Å². The Labute approximate surface area is 159 Å². The normalized spacial score (nSPS) is 10.3. The lowest BCUT2D eigenvalue weighted by molar-refractivity contribution is 0.102. The van der Waals surface area contributed by atoms with E-state index in [4.69, 9.17) is 4.74 Å². The largest absolute Gasteiger partial charge is 0.497 e. The van der Waals surface area contributed by atoms with E-state index < -0.39 is 0 Å². The molecule has 0 aliphatic carbocycles. The van der Waals surface area contributed by atoms with Gasteiger partial charge in [-0.3, -0.25) is 4.79 Å². The second kappa shape index (κ2) is 8.36. The number of carbonyl (C=O) groups is 1. The maximum atomic E-state index is 12.6. The number of benzene rings is 2. The first-order chi connectivity index (χ1) is 13.0. The molecule has 138 valence electrons. The van der Waals surface area contributed by atoms with Crippen LogP contribution in [-0.2, 0) is 6.54 Å². The number of rotatable bonds is 6. The van der Waals surface area contributed by atoms with E-state index >= 15 is 0 Å². The minimum atomic E-state index is -0.158. The zero-order valence-corrected chi connectivity index (χ0v) is 15.7. The first-order valence-corrected chi connectivity index (χ1v) is 8.76. The Morgan fingerprint density at radius 2 is 1.70 bits per heavy atom. The summed E-state index contributed by atoms with van der Waals surface area (Å²) in [7, 11) is 1.64. The zero-order chi connectivity index (χ0) is 19.2. The van der Waals surface area contributed by atoms with Gasteiger partial charge in [-0.25, -0.2) is 4.98 Å². The second-order valence-corrected chi connectivity index (χ2v) is 6.46. The Bertz CT molecular complexity index is 916. The smallest absolute Gasteiger partial charge is 0.255 e. The quantitative estimate of drug-likeness (QED) is 0.675. The van der Waals surface area contributed by atoms with Crippen LogP contribution in [0.1, 0.15) is 27.0 Å². The summed E-state index contributed by atoms with van der Waals surface area (Å²) < 4.78 is 5.16. The number of hydrogen-bond acceptors (Lipinski definition) is 4. The lowest BCUT2D eigenvalue weighted by Gasteiger charge is -2.10. The number of aromatic nitrogens is 1. The Morgan fingerprint density at radius 3 is 2.37 bits per heavy atom. The zero-order valence-electron chi connectivity index (χ0n) is 15.7. The van der Waals surface area contributed by atoms with Gasteiger partial charge in [-0.05, 0) is 66.9 Å². The molecular formula is C22H23N3O2. The monoisotopic (exact) mass is 361 g/mol. The highest BCUT2D eigenvalue weighted by atomic mass is 16.5. The Balaban J connectivity index is 1.66. The van der Waals surface area contributed by atoms with Crippen LogP contribution >= 0.6 is 0 Å². The van der Waals surface area contributed by atoms with Crippen molar-refractivity contribution in [3.05, 3.63) is 83.0 Å². The maximum absolute atomic E-state index is 12.6. The van der Waals surface area contributed by atoms with E-state index in [-0.39, 0.29) is 5.91 Å². The number of amides is 1. The highest BCUT2D eigenvalue weighted by Crippen LogP contribution is 2.17. The molecular weight excluding hydrogens is 338 g/mol. The van der Waals surface area contributed by atoms with Crippen molar-refractivity contribution >= 4 is 17.4 Å². The average molecular weight is 361 g/mol. The molecule has 3 rings (SSSR count). The molecule has 0 saturated carbocycles. The summed E-state index contributed by atoms with van der Waals surface area (Å²) >= 11 is 0. The molecule has 1 aromatic heterocycles. The van der Waals surface area contributed by atoms with Gasteiger partial charge in [0.1, 0.15) is 11.6 Å². The molecule has 0 spiro atoms. The highest BCUT2D eigenvalue weighted by Gasteiger charge is 2.08. The third-order valence-electron chi connectivity index (χ3n) is 4.13. The molecule has 0 aliphatic heterocycles. The van der Waals surface area contributed by atoms with E-state index in [1.807, 2.05) is 50.2 Å². The van der Waals surface area contributed by atoms with Crippen LogP contribution in [0.4, 0.5) is 11.5 Å². The minimum absolute atomic E-state index is 0.158. The predicted octanol–water partition coefficient (Wildman–Crippen LogP) is 4.57. The number of carbonyl (C=O) groups excluding carboxylic acids is 1. The van der Waals surface area contributed by atoms with Crippen molar-refractivity contribution in [2.45, 2.75) is 20.4 Å². The molecule has 1 heterocycles. The topological polar surface area (TPSA) is 63.2 Å². The number of nitrogens with zero attached hydrogens (tertiary/aromatic N) is 1. The standard InChI is InChI=1S/C22H23N3O2/c1-15-10-16(2)12-19(11-15)25-22(26)18-8-9-23-21(13-18)24-14-17-4-6-20(27-3)7-5-17/h4-13H,14H2,1-3H3,(H,23,24)(H,25,26). The van der Waals surface area contributed by atoms with E-state index in [1.54, 1.807) is 25.4 Å². The van der Waals surface area contributed by atoms with Gasteiger partial charge in [-0.1, -0.05) is 18.2 Å². The van der Waals surface area contributed by atoms with Crippen LogP contribution in [0, 0.1) is 13.8 Å². The summed E-state index contributed by atoms with van der Waals surface area (Å²) in [6.45, 7) is 4.63. The van der Waals surface area contributed by atoms with Crippen LogP contribution in [0.3, 0.4) is 0 Å². The Morgan fingerprint density at radius 1 is 1.00 bits per heavy atom. The molecule has 0 unspecified atom stereocenters. The SMILES string of the molecule is COc1ccc(CNc2cc(C(=O)Nc3cc(C)cc(C)c3)ccn2)cc1. The lowest BCUT2D eigenvalue weighted by atomic mass is 10.1. The van der Waals surface area contributed by atoms with Crippen LogP contribution < -0.4 is 15.4 Å². The summed E-state index contributed by atoms with van der Waals surface area (Å²) in [4.78, 5) is 16.8. The number of aryl methyl sites for hydroxylation is 2. The molecule has 5 nitrogen and oxygen atoms in total. The van der Waals surface area contributed by atoms with Gasteiger partial charge < -0.3 is 15.4 Å². The van der Waals surface area contributed by atoms with Gasteiger partial charge in [-0.2, -0.15) is 0 Å². The summed E-state index contributed by atoms with van der Waals surface area (Å²) in [6.07, 6.45) is 1.63. The van der Waals surface area contributed by atoms with Gasteiger partial charge in [-0.15, -0.1) is 0 Å². The molecule has 2 aromatic carbocycles. The van der Waals surface area contributed by atoms with E-state index in [0.29, 0.717) is 17.9 Å². The molecule has 0 radical (unpaired) electrons. The molecule has 27 heavy (non-hydrogen) atoms. The molecule has 0 atom stereocenters. The van der Waals surface area contributed by atoms with E-state index in [9.17, 15) is 4.79 Å². The third-order valence-corrected chi connectivity index (χ3v) is 4.13. The summed E-state index contributed by atoms with van der Waals surface area (Å²) in [5.74, 6) is 1.32. The summed E-state index contributed by atoms with van der Waals surface area (Å²) in [5, 5.41) is 6.19. The maximum Gasteiger partial charge on any atom is 0.255 e. The fourth-order valence-electron chi connectivity index (χ4n) is 2.85. The van der Waals surface area contributed by atoms with Crippen molar-refractivity contribution in [3.63, 3.8) is 0 Å². The van der Waals surface area contributed by atoms with E-state index in [1.165, 1.54) is 0 Å². The van der Waals surface area contributed by atoms with Crippen molar-refractivity contribution in [1.82, 2.24) is 4.98 Å². The van der Waals surface area contributed by atoms with E-state index in [0.717, 1.165) is 28.1 Å². The fraction of sp³-hybridized carbons (Fsp3) is 0.182. The second-order valence-electron chi connectivity index (χ2n) is 6.46. The van der Waals surface area contributed by atoms with Gasteiger partial charge in [0, 0.05) is 24.0 Å². The lowest BCUT2D eigenvalue weighted by Crippen LogP contribution is -2.13. The fourth-order valence-corrected chi connectivity index (χ4v) is 2.85. The Kier molecular flexibility index (Phi) is 5.71. The van der Waals surface area contributed by atoms with Crippen molar-refractivity contribution < 1.29 is 9.53 Å². The molecule has 1 amide bonds. The van der Waals surface area contributed by atoms with Gasteiger partial charge in [0.15, 0.2) is 0 Å². The molecule has 0 saturated heterocycles. The highest BCUT2D eigenvalue weighted by molar-refractivity contribution is 6.04. The number of anilines is 2. The van der Waals surface area contributed by atoms with Gasteiger partial charge in [0.25, 0.3) is 5.91 Å². The van der Waals surface area contributed by atoms with Crippen molar-refractivity contribution in [3.8, 4) is 5.75 Å². The molecule has 3 aromatic rings. The number of ether oxygens (including phenoxy) is 1. The van der Waals surface area contributed by atoms with Crippen LogP contribution in [0.25, 0.3) is 0 Å². The van der Waals surface area contributed by atoms with Crippen molar-refractivity contribution in [1.29, 1.82) is 0 Å². The number of pyridine rings is 1. The predicted molar refractivity (Wildman–Crippen MR) is 108 cm³/mol. The van der Waals surface area contributed by atoms with Gasteiger partial charge in [0.2, 0.25) is 0 Å². The van der Waals surface area contributed by atoms with Gasteiger partial charge >= 0.3 is 0 Å². The first kappa shape index (κ1) is 18.5. The molecule has 0 aliphatic rings. The number of nitrogens with one attached hydrogen (secondary N) is 2. The van der Waals surface area contributed by atoms with Crippen LogP contribution in [0.5, 0.6) is 5.75 Å². The van der Waals surface area contributed by atoms with Gasteiger partial charge in [0.05, 0.1) is 7.11 Å². The molecule has 5 heteroatoms. The van der Waals surface area contributed by atoms with Crippen molar-refractivity contribution in [2.24, 2.45) is 0 Å². The van der Waals surface area contributed by atoms with Crippen molar-refractivity contribution in [2.75, 3.05) is 17.7 Å². The molecule has 0 bridgehead atoms. The number of hydrogen-bond donors (Lipinski definition) is 2. The first-order valence-electron chi connectivity index (χ1n) is 8.76. The molecule has 2 N–H and O–H groups in total. The Hall–Kier alpha value is -3.34. The number of methoxy groups -OCH3 is 1. The van der Waals surface area contributed by atoms with E-state index in [2.05, 4.69) is 21.7 Å². The van der Waals surface area contributed by atoms with Crippen LogP contribution in [-0.4, -0.2) is 18.0 Å². The third kappa shape index (κ3) is 5.07. The summed E-state index contributed by atoms with van der Waals surface area (Å²) in [6, 6.07) is 17.2. The van der Waals surface area contributed by atoms with Crippen LogP contribution in [0.2, 0.25) is 0 Å². The summed E-state index contributed by atoms with van der Waals surface area (Å²) in [5.41, 5.74) is 4.68. The average Bonchev–Trinajstić information content (AvgIpc) is 2.66. The molecule has 0 fully saturated rings.